The van der Waals surface area contributed by atoms with E-state index >= 15 is 0 Å². The van der Waals surface area contributed by atoms with Gasteiger partial charge in [0.1, 0.15) is 5.70 Å². The van der Waals surface area contributed by atoms with Crippen molar-refractivity contribution in [1.29, 1.82) is 0 Å². The topological polar surface area (TPSA) is 58.2 Å². The van der Waals surface area contributed by atoms with Crippen molar-refractivity contribution in [1.82, 2.24) is 5.32 Å². The molecule has 0 radical (unpaired) electrons. The van der Waals surface area contributed by atoms with E-state index in [9.17, 15) is 9.59 Å². The second-order valence-electron chi connectivity index (χ2n) is 5.72. The quantitative estimate of drug-likeness (QED) is 0.631. The van der Waals surface area contributed by atoms with Crippen molar-refractivity contribution in [3.63, 3.8) is 0 Å². The van der Waals surface area contributed by atoms with Crippen LogP contribution >= 0.6 is 11.6 Å². The lowest BCUT2D eigenvalue weighted by molar-refractivity contribution is -0.113. The first-order valence-corrected chi connectivity index (χ1v) is 8.70. The molecule has 0 heterocycles. The summed E-state index contributed by atoms with van der Waals surface area (Å²) in [5, 5.41) is 5.76. The van der Waals surface area contributed by atoms with Gasteiger partial charge in [0.25, 0.3) is 11.8 Å². The van der Waals surface area contributed by atoms with Crippen molar-refractivity contribution in [3.8, 4) is 0 Å². The number of benzene rings is 3. The summed E-state index contributed by atoms with van der Waals surface area (Å²) in [5.74, 6) is -0.878. The number of hydrogen-bond donors (Lipinski definition) is 2. The third kappa shape index (κ3) is 5.06. The lowest BCUT2D eigenvalue weighted by atomic mass is 10.1. The molecule has 2 N–H and O–H groups in total. The molecule has 0 bridgehead atoms. The van der Waals surface area contributed by atoms with E-state index in [0.29, 0.717) is 16.3 Å². The lowest BCUT2D eigenvalue weighted by Gasteiger charge is -2.12. The summed E-state index contributed by atoms with van der Waals surface area (Å²) in [6.45, 7) is 0. The predicted molar refractivity (Wildman–Crippen MR) is 108 cm³/mol. The first kappa shape index (κ1) is 18.4. The second-order valence-corrected chi connectivity index (χ2v) is 6.13. The van der Waals surface area contributed by atoms with Crippen LogP contribution in [0.15, 0.2) is 90.6 Å². The highest BCUT2D eigenvalue weighted by Gasteiger charge is 2.16. The van der Waals surface area contributed by atoms with E-state index in [1.807, 2.05) is 48.5 Å². The molecule has 0 spiro atoms. The van der Waals surface area contributed by atoms with Crippen molar-refractivity contribution >= 4 is 35.2 Å². The average Bonchev–Trinajstić information content (AvgIpc) is 2.69. The molecule has 0 fully saturated rings. The first-order chi connectivity index (χ1) is 13.1. The Morgan fingerprint density at radius 1 is 0.778 bits per heavy atom. The fraction of sp³-hybridized carbons (Fsp3) is 0. The largest absolute Gasteiger partial charge is 0.321 e. The van der Waals surface area contributed by atoms with E-state index < -0.39 is 11.8 Å². The van der Waals surface area contributed by atoms with Crippen LogP contribution in [0.25, 0.3) is 6.08 Å². The third-order valence-corrected chi connectivity index (χ3v) is 4.08. The lowest BCUT2D eigenvalue weighted by Crippen LogP contribution is -2.30. The van der Waals surface area contributed by atoms with Crippen molar-refractivity contribution < 1.29 is 9.59 Å². The number of nitrogens with one attached hydrogen (secondary N) is 2. The zero-order valence-corrected chi connectivity index (χ0v) is 15.1. The molecular weight excluding hydrogens is 360 g/mol. The summed E-state index contributed by atoms with van der Waals surface area (Å²) >= 11 is 6.09. The maximum atomic E-state index is 12.7. The van der Waals surface area contributed by atoms with Crippen LogP contribution in [0.4, 0.5) is 5.69 Å². The number of rotatable bonds is 5. The molecule has 3 rings (SSSR count). The van der Waals surface area contributed by atoms with E-state index in [1.54, 1.807) is 42.5 Å². The average molecular weight is 377 g/mol. The summed E-state index contributed by atoms with van der Waals surface area (Å²) in [4.78, 5) is 25.3. The van der Waals surface area contributed by atoms with Gasteiger partial charge in [-0.15, -0.1) is 0 Å². The smallest absolute Gasteiger partial charge is 0.272 e. The molecule has 0 saturated carbocycles. The molecule has 27 heavy (non-hydrogen) atoms. The van der Waals surface area contributed by atoms with Crippen LogP contribution in [0.5, 0.6) is 0 Å². The zero-order chi connectivity index (χ0) is 19.1. The summed E-state index contributed by atoms with van der Waals surface area (Å²) in [5.41, 5.74) is 1.84. The Labute approximate surface area is 162 Å². The number of carbonyl (C=O) groups excluding carboxylic acids is 2. The minimum Gasteiger partial charge on any atom is -0.321 e. The van der Waals surface area contributed by atoms with Crippen molar-refractivity contribution in [2.24, 2.45) is 0 Å². The Morgan fingerprint density at radius 2 is 1.37 bits per heavy atom. The number of halogens is 1. The van der Waals surface area contributed by atoms with Crippen LogP contribution in [0.2, 0.25) is 5.02 Å². The molecule has 4 nitrogen and oxygen atoms in total. The number of carbonyl (C=O) groups is 2. The summed E-state index contributed by atoms with van der Waals surface area (Å²) in [7, 11) is 0. The fourth-order valence-electron chi connectivity index (χ4n) is 2.43. The maximum Gasteiger partial charge on any atom is 0.272 e. The van der Waals surface area contributed by atoms with Gasteiger partial charge in [0, 0.05) is 5.69 Å². The molecular formula is C22H17ClN2O2. The highest BCUT2D eigenvalue weighted by atomic mass is 35.5. The van der Waals surface area contributed by atoms with Crippen LogP contribution in [0.1, 0.15) is 15.9 Å². The van der Waals surface area contributed by atoms with Crippen molar-refractivity contribution in [2.45, 2.75) is 0 Å². The molecule has 3 aromatic rings. The Kier molecular flexibility index (Phi) is 6.02. The van der Waals surface area contributed by atoms with E-state index in [0.717, 1.165) is 5.56 Å². The number of anilines is 1. The van der Waals surface area contributed by atoms with Crippen molar-refractivity contribution in [2.75, 3.05) is 5.32 Å². The number of para-hydroxylation sites is 1. The van der Waals surface area contributed by atoms with Gasteiger partial charge in [0.15, 0.2) is 0 Å². The molecule has 0 aliphatic heterocycles. The first-order valence-electron chi connectivity index (χ1n) is 8.32. The van der Waals surface area contributed by atoms with Crippen LogP contribution < -0.4 is 10.6 Å². The molecule has 3 aromatic carbocycles. The van der Waals surface area contributed by atoms with E-state index in [1.165, 1.54) is 0 Å². The Hall–Kier alpha value is -3.37. The monoisotopic (exact) mass is 376 g/mol. The molecule has 0 unspecified atom stereocenters. The molecule has 2 amide bonds. The maximum absolute atomic E-state index is 12.7. The molecule has 0 saturated heterocycles. The van der Waals surface area contributed by atoms with Crippen LogP contribution in [-0.2, 0) is 4.79 Å². The summed E-state index contributed by atoms with van der Waals surface area (Å²) in [6, 6.07) is 25.0. The minimum absolute atomic E-state index is 0.120. The predicted octanol–water partition coefficient (Wildman–Crippen LogP) is 4.75. The van der Waals surface area contributed by atoms with E-state index in [-0.39, 0.29) is 5.70 Å². The SMILES string of the molecule is O=C(Nc1ccccc1)/C(=C\c1ccccc1)NC(=O)c1ccccc1Cl. The van der Waals surface area contributed by atoms with Gasteiger partial charge >= 0.3 is 0 Å². The third-order valence-electron chi connectivity index (χ3n) is 3.75. The van der Waals surface area contributed by atoms with Gasteiger partial charge in [-0.25, -0.2) is 0 Å². The number of hydrogen-bond acceptors (Lipinski definition) is 2. The van der Waals surface area contributed by atoms with E-state index in [2.05, 4.69) is 10.6 Å². The van der Waals surface area contributed by atoms with Gasteiger partial charge in [-0.2, -0.15) is 0 Å². The van der Waals surface area contributed by atoms with E-state index in [4.69, 9.17) is 11.6 Å². The normalized spacial score (nSPS) is 10.9. The van der Waals surface area contributed by atoms with Gasteiger partial charge in [0.2, 0.25) is 0 Å². The van der Waals surface area contributed by atoms with Crippen LogP contribution in [0.3, 0.4) is 0 Å². The Morgan fingerprint density at radius 3 is 2.04 bits per heavy atom. The molecule has 0 aromatic heterocycles. The molecule has 134 valence electrons. The minimum atomic E-state index is -0.453. The Balaban J connectivity index is 1.88. The summed E-state index contributed by atoms with van der Waals surface area (Å²) in [6.07, 6.45) is 1.62. The Bertz CT molecular complexity index is 970. The van der Waals surface area contributed by atoms with Crippen LogP contribution in [0, 0.1) is 0 Å². The number of amides is 2. The fourth-order valence-corrected chi connectivity index (χ4v) is 2.65. The molecule has 5 heteroatoms. The molecule has 0 aliphatic rings. The van der Waals surface area contributed by atoms with Gasteiger partial charge in [-0.3, -0.25) is 9.59 Å². The zero-order valence-electron chi connectivity index (χ0n) is 14.4. The molecule has 0 aliphatic carbocycles. The standard InChI is InChI=1S/C22H17ClN2O2/c23-19-14-8-7-13-18(19)21(26)25-20(15-16-9-3-1-4-10-16)22(27)24-17-11-5-2-6-12-17/h1-15H,(H,24,27)(H,25,26)/b20-15+. The molecule has 0 atom stereocenters. The summed E-state index contributed by atoms with van der Waals surface area (Å²) < 4.78 is 0. The second kappa shape index (κ2) is 8.83. The van der Waals surface area contributed by atoms with Gasteiger partial charge in [0.05, 0.1) is 10.6 Å². The highest BCUT2D eigenvalue weighted by molar-refractivity contribution is 6.34. The highest BCUT2D eigenvalue weighted by Crippen LogP contribution is 2.16. The van der Waals surface area contributed by atoms with Gasteiger partial charge in [-0.1, -0.05) is 72.3 Å². The van der Waals surface area contributed by atoms with Crippen molar-refractivity contribution in [3.05, 3.63) is 107 Å². The van der Waals surface area contributed by atoms with Crippen LogP contribution in [-0.4, -0.2) is 11.8 Å². The van der Waals surface area contributed by atoms with Gasteiger partial charge < -0.3 is 10.6 Å². The van der Waals surface area contributed by atoms with Gasteiger partial charge in [-0.05, 0) is 35.9 Å².